The van der Waals surface area contributed by atoms with E-state index < -0.39 is 11.7 Å². The molecule has 0 aliphatic rings. The molecule has 2 N–H and O–H groups in total. The van der Waals surface area contributed by atoms with Gasteiger partial charge in [0.05, 0.1) is 11.6 Å². The number of halogens is 3. The van der Waals surface area contributed by atoms with Crippen molar-refractivity contribution in [1.82, 2.24) is 10.2 Å². The topological polar surface area (TPSA) is 27.3 Å². The molecule has 1 unspecified atom stereocenters. The number of benzene rings is 1. The molecule has 8 heteroatoms. The molecule has 130 valence electrons. The lowest BCUT2D eigenvalue weighted by Gasteiger charge is -2.24. The first-order chi connectivity index (χ1) is 11.3. The van der Waals surface area contributed by atoms with Crippen LogP contribution in [-0.4, -0.2) is 30.7 Å². The van der Waals surface area contributed by atoms with Crippen LogP contribution in [0.25, 0.3) is 0 Å². The van der Waals surface area contributed by atoms with Gasteiger partial charge in [0, 0.05) is 17.1 Å². The maximum Gasteiger partial charge on any atom is 0.416 e. The number of anilines is 1. The zero-order valence-corrected chi connectivity index (χ0v) is 14.9. The van der Waals surface area contributed by atoms with Gasteiger partial charge in [-0.25, -0.2) is 0 Å². The van der Waals surface area contributed by atoms with Gasteiger partial charge in [-0.2, -0.15) is 13.2 Å². The monoisotopic (exact) mass is 373 g/mol. The van der Waals surface area contributed by atoms with Crippen molar-refractivity contribution in [1.29, 1.82) is 0 Å². The molecule has 24 heavy (non-hydrogen) atoms. The van der Waals surface area contributed by atoms with Crippen LogP contribution in [0.15, 0.2) is 41.8 Å². The van der Waals surface area contributed by atoms with Crippen LogP contribution in [-0.2, 0) is 6.18 Å². The maximum atomic E-state index is 12.7. The summed E-state index contributed by atoms with van der Waals surface area (Å²) in [6.07, 6.45) is -4.37. The van der Waals surface area contributed by atoms with Crippen LogP contribution in [0.2, 0.25) is 0 Å². The summed E-state index contributed by atoms with van der Waals surface area (Å²) in [7, 11) is 3.94. The number of alkyl halides is 3. The predicted molar refractivity (Wildman–Crippen MR) is 96.4 cm³/mol. The fourth-order valence-electron chi connectivity index (χ4n) is 2.16. The second kappa shape index (κ2) is 7.96. The molecule has 1 atom stereocenters. The van der Waals surface area contributed by atoms with Gasteiger partial charge in [0.15, 0.2) is 5.11 Å². The lowest BCUT2D eigenvalue weighted by atomic mass is 10.2. The molecule has 0 radical (unpaired) electrons. The van der Waals surface area contributed by atoms with Gasteiger partial charge in [0.2, 0.25) is 0 Å². The smallest absolute Gasteiger partial charge is 0.360 e. The Morgan fingerprint density at radius 2 is 2.00 bits per heavy atom. The average Bonchev–Trinajstić information content (AvgIpc) is 3.00. The minimum absolute atomic E-state index is 0.131. The van der Waals surface area contributed by atoms with Crippen LogP contribution in [0, 0.1) is 0 Å². The van der Waals surface area contributed by atoms with Gasteiger partial charge < -0.3 is 15.5 Å². The summed E-state index contributed by atoms with van der Waals surface area (Å²) < 4.78 is 38.2. The highest BCUT2D eigenvalue weighted by molar-refractivity contribution is 7.80. The average molecular weight is 373 g/mol. The normalized spacial score (nSPS) is 12.9. The van der Waals surface area contributed by atoms with Gasteiger partial charge in [0.25, 0.3) is 0 Å². The highest BCUT2D eigenvalue weighted by Crippen LogP contribution is 2.30. The minimum Gasteiger partial charge on any atom is -0.360 e. The number of rotatable bonds is 5. The van der Waals surface area contributed by atoms with Crippen molar-refractivity contribution in [3.63, 3.8) is 0 Å². The van der Waals surface area contributed by atoms with Crippen molar-refractivity contribution < 1.29 is 13.2 Å². The first-order valence-corrected chi connectivity index (χ1v) is 8.48. The SMILES string of the molecule is CN(C)C(CNC(=S)Nc1cccc(C(F)(F)F)c1)c1cccs1. The van der Waals surface area contributed by atoms with Crippen LogP contribution >= 0.6 is 23.6 Å². The molecule has 0 spiro atoms. The van der Waals surface area contributed by atoms with Crippen LogP contribution in [0.3, 0.4) is 0 Å². The van der Waals surface area contributed by atoms with Crippen LogP contribution in [0.5, 0.6) is 0 Å². The van der Waals surface area contributed by atoms with E-state index in [2.05, 4.69) is 15.5 Å². The van der Waals surface area contributed by atoms with Gasteiger partial charge in [0.1, 0.15) is 0 Å². The summed E-state index contributed by atoms with van der Waals surface area (Å²) >= 11 is 6.84. The molecule has 3 nitrogen and oxygen atoms in total. The minimum atomic E-state index is -4.37. The third-order valence-electron chi connectivity index (χ3n) is 3.40. The number of thiophene rings is 1. The largest absolute Gasteiger partial charge is 0.416 e. The predicted octanol–water partition coefficient (Wildman–Crippen LogP) is 4.36. The van der Waals surface area contributed by atoms with E-state index in [0.29, 0.717) is 12.2 Å². The van der Waals surface area contributed by atoms with Crippen molar-refractivity contribution in [2.24, 2.45) is 0 Å². The van der Waals surface area contributed by atoms with Gasteiger partial charge in [-0.15, -0.1) is 11.3 Å². The number of hydrogen-bond donors (Lipinski definition) is 2. The molecule has 2 rings (SSSR count). The van der Waals surface area contributed by atoms with Gasteiger partial charge >= 0.3 is 6.18 Å². The van der Waals surface area contributed by atoms with E-state index in [-0.39, 0.29) is 11.2 Å². The van der Waals surface area contributed by atoms with E-state index >= 15 is 0 Å². The van der Waals surface area contributed by atoms with E-state index in [1.54, 1.807) is 17.4 Å². The molecule has 0 saturated heterocycles. The molecule has 1 aromatic heterocycles. The molecule has 0 fully saturated rings. The molecule has 0 amide bonds. The third-order valence-corrected chi connectivity index (χ3v) is 4.62. The van der Waals surface area contributed by atoms with Crippen molar-refractivity contribution in [3.8, 4) is 0 Å². The maximum absolute atomic E-state index is 12.7. The van der Waals surface area contributed by atoms with Gasteiger partial charge in [-0.05, 0) is 56.0 Å². The Labute approximate surface area is 148 Å². The molecule has 1 aromatic carbocycles. The second-order valence-corrected chi connectivity index (χ2v) is 6.80. The van der Waals surface area contributed by atoms with E-state index in [9.17, 15) is 13.2 Å². The molecule has 2 aromatic rings. The van der Waals surface area contributed by atoms with Crippen LogP contribution in [0.1, 0.15) is 16.5 Å². The summed E-state index contributed by atoms with van der Waals surface area (Å²) in [5.41, 5.74) is -0.403. The molecular formula is C16H18F3N3S2. The number of nitrogens with one attached hydrogen (secondary N) is 2. The lowest BCUT2D eigenvalue weighted by molar-refractivity contribution is -0.137. The third kappa shape index (κ3) is 5.19. The van der Waals surface area contributed by atoms with Crippen LogP contribution < -0.4 is 10.6 Å². The number of likely N-dealkylation sites (N-methyl/N-ethyl adjacent to an activating group) is 1. The molecule has 1 heterocycles. The number of thiocarbonyl (C=S) groups is 1. The summed E-state index contributed by atoms with van der Waals surface area (Å²) in [5.74, 6) is 0. The lowest BCUT2D eigenvalue weighted by Crippen LogP contribution is -2.36. The Kier molecular flexibility index (Phi) is 6.20. The van der Waals surface area contributed by atoms with Crippen LogP contribution in [0.4, 0.5) is 18.9 Å². The fourth-order valence-corrected chi connectivity index (χ4v) is 3.28. The molecular weight excluding hydrogens is 355 g/mol. The first-order valence-electron chi connectivity index (χ1n) is 7.19. The Balaban J connectivity index is 1.96. The molecule has 0 saturated carbocycles. The molecule has 0 aliphatic carbocycles. The summed E-state index contributed by atoms with van der Waals surface area (Å²) in [4.78, 5) is 3.25. The zero-order chi connectivity index (χ0) is 17.7. The van der Waals surface area contributed by atoms with E-state index in [0.717, 1.165) is 12.1 Å². The highest BCUT2D eigenvalue weighted by atomic mass is 32.1. The number of hydrogen-bond acceptors (Lipinski definition) is 3. The quantitative estimate of drug-likeness (QED) is 0.762. The van der Waals surface area contributed by atoms with Gasteiger partial charge in [-0.3, -0.25) is 0 Å². The Morgan fingerprint density at radius 3 is 2.58 bits per heavy atom. The van der Waals surface area contributed by atoms with E-state index in [1.807, 2.05) is 31.6 Å². The van der Waals surface area contributed by atoms with Crippen molar-refractivity contribution in [2.75, 3.05) is 26.0 Å². The number of nitrogens with zero attached hydrogens (tertiary/aromatic N) is 1. The zero-order valence-electron chi connectivity index (χ0n) is 13.2. The first kappa shape index (κ1) is 18.7. The van der Waals surface area contributed by atoms with Crippen molar-refractivity contribution in [3.05, 3.63) is 52.2 Å². The standard InChI is InChI=1S/C16H18F3N3S2/c1-22(2)13(14-7-4-8-24-14)10-20-15(23)21-12-6-3-5-11(9-12)16(17,18)19/h3-9,13H,10H2,1-2H3,(H2,20,21,23). The highest BCUT2D eigenvalue weighted by Gasteiger charge is 2.30. The van der Waals surface area contributed by atoms with E-state index in [1.165, 1.54) is 10.9 Å². The van der Waals surface area contributed by atoms with Crippen molar-refractivity contribution in [2.45, 2.75) is 12.2 Å². The second-order valence-electron chi connectivity index (χ2n) is 5.41. The summed E-state index contributed by atoms with van der Waals surface area (Å²) in [6, 6.07) is 9.12. The Hall–Kier alpha value is -1.64. The summed E-state index contributed by atoms with van der Waals surface area (Å²) in [6.45, 7) is 0.554. The Bertz CT molecular complexity index is 669. The molecule has 0 aliphatic heterocycles. The fraction of sp³-hybridized carbons (Fsp3) is 0.312. The van der Waals surface area contributed by atoms with Crippen molar-refractivity contribution >= 4 is 34.4 Å². The van der Waals surface area contributed by atoms with Gasteiger partial charge in [-0.1, -0.05) is 12.1 Å². The Morgan fingerprint density at radius 1 is 1.25 bits per heavy atom. The van der Waals surface area contributed by atoms with E-state index in [4.69, 9.17) is 12.2 Å². The molecule has 0 bridgehead atoms. The summed E-state index contributed by atoms with van der Waals surface area (Å²) in [5, 5.41) is 8.16.